The van der Waals surface area contributed by atoms with Crippen molar-refractivity contribution in [3.05, 3.63) is 24.3 Å². The molecule has 7 nitrogen and oxygen atoms in total. The highest BCUT2D eigenvalue weighted by Gasteiger charge is 2.28. The van der Waals surface area contributed by atoms with Crippen LogP contribution >= 0.6 is 12.4 Å². The Kier molecular flexibility index (Phi) is 6.22. The van der Waals surface area contributed by atoms with E-state index in [4.69, 9.17) is 5.73 Å². The summed E-state index contributed by atoms with van der Waals surface area (Å²) in [5, 5.41) is 0. The van der Waals surface area contributed by atoms with Crippen molar-refractivity contribution in [1.82, 2.24) is 9.44 Å². The van der Waals surface area contributed by atoms with E-state index < -0.39 is 25.6 Å². The maximum absolute atomic E-state index is 12.1. The van der Waals surface area contributed by atoms with Gasteiger partial charge in [0.2, 0.25) is 20.0 Å². The molecule has 1 aromatic rings. The van der Waals surface area contributed by atoms with Crippen LogP contribution in [0, 0.1) is 0 Å². The fourth-order valence-corrected chi connectivity index (χ4v) is 4.18. The zero-order chi connectivity index (χ0) is 16.6. The molecule has 0 amide bonds. The summed E-state index contributed by atoms with van der Waals surface area (Å²) < 4.78 is 53.1. The fraction of sp³-hybridized carbons (Fsp3) is 0.538. The summed E-state index contributed by atoms with van der Waals surface area (Å²) in [5.74, 6) is 0. The van der Waals surface area contributed by atoms with Crippen LogP contribution in [0.3, 0.4) is 0 Å². The van der Waals surface area contributed by atoms with Crippen LogP contribution in [0.4, 0.5) is 0 Å². The number of sulfonamides is 2. The molecule has 4 N–H and O–H groups in total. The van der Waals surface area contributed by atoms with E-state index in [1.54, 1.807) is 13.8 Å². The summed E-state index contributed by atoms with van der Waals surface area (Å²) in [5.41, 5.74) is 5.06. The highest BCUT2D eigenvalue weighted by molar-refractivity contribution is 7.90. The third kappa shape index (κ3) is 6.02. The Morgan fingerprint density at radius 3 is 1.87 bits per heavy atom. The number of hydrogen-bond acceptors (Lipinski definition) is 5. The molecule has 10 heteroatoms. The Labute approximate surface area is 143 Å². The van der Waals surface area contributed by atoms with E-state index in [0.29, 0.717) is 0 Å². The molecular formula is C13H22ClN3O4S2. The minimum absolute atomic E-state index is 0. The molecule has 0 aliphatic heterocycles. The molecule has 0 radical (unpaired) electrons. The maximum Gasteiger partial charge on any atom is 0.240 e. The minimum Gasteiger partial charge on any atom is -0.324 e. The number of rotatable bonds is 7. The molecule has 23 heavy (non-hydrogen) atoms. The zero-order valence-electron chi connectivity index (χ0n) is 12.9. The summed E-state index contributed by atoms with van der Waals surface area (Å²) in [6.07, 6.45) is 1.68. The van der Waals surface area contributed by atoms with E-state index in [1.165, 1.54) is 24.3 Å². The van der Waals surface area contributed by atoms with E-state index >= 15 is 0 Å². The standard InChI is InChI=1S/C13H21N3O4S2.ClH/c1-13(2,14)9-15-21(17,18)11-5-7-12(8-6-11)22(19,20)16-10-3-4-10;/h5-8,10,15-16H,3-4,9,14H2,1-2H3;1H. The Hall–Kier alpha value is -0.710. The van der Waals surface area contributed by atoms with Crippen molar-refractivity contribution in [3.8, 4) is 0 Å². The average Bonchev–Trinajstić information content (AvgIpc) is 3.19. The second kappa shape index (κ2) is 7.04. The number of benzene rings is 1. The van der Waals surface area contributed by atoms with Crippen LogP contribution in [0.1, 0.15) is 26.7 Å². The largest absolute Gasteiger partial charge is 0.324 e. The van der Waals surface area contributed by atoms with Gasteiger partial charge in [-0.25, -0.2) is 26.3 Å². The highest BCUT2D eigenvalue weighted by Crippen LogP contribution is 2.22. The first-order valence-corrected chi connectivity index (χ1v) is 9.87. The molecule has 1 aliphatic carbocycles. The van der Waals surface area contributed by atoms with Crippen molar-refractivity contribution in [2.24, 2.45) is 5.73 Å². The van der Waals surface area contributed by atoms with Crippen molar-refractivity contribution >= 4 is 32.5 Å². The average molecular weight is 384 g/mol. The van der Waals surface area contributed by atoms with E-state index in [2.05, 4.69) is 9.44 Å². The van der Waals surface area contributed by atoms with Gasteiger partial charge in [0.15, 0.2) is 0 Å². The molecule has 0 heterocycles. The topological polar surface area (TPSA) is 118 Å². The first-order valence-electron chi connectivity index (χ1n) is 6.91. The van der Waals surface area contributed by atoms with Gasteiger partial charge < -0.3 is 5.73 Å². The summed E-state index contributed by atoms with van der Waals surface area (Å²) in [6, 6.07) is 5.11. The lowest BCUT2D eigenvalue weighted by molar-refractivity contribution is 0.498. The Balaban J connectivity index is 0.00000264. The third-order valence-electron chi connectivity index (χ3n) is 3.06. The maximum atomic E-state index is 12.1. The molecule has 0 unspecified atom stereocenters. The number of halogens is 1. The van der Waals surface area contributed by atoms with E-state index in [9.17, 15) is 16.8 Å². The Morgan fingerprint density at radius 2 is 1.48 bits per heavy atom. The first kappa shape index (κ1) is 20.3. The van der Waals surface area contributed by atoms with Gasteiger partial charge in [0.25, 0.3) is 0 Å². The summed E-state index contributed by atoms with van der Waals surface area (Å²) in [6.45, 7) is 3.49. The molecule has 1 aliphatic rings. The highest BCUT2D eigenvalue weighted by atomic mass is 35.5. The first-order chi connectivity index (χ1) is 10.00. The Morgan fingerprint density at radius 1 is 1.04 bits per heavy atom. The van der Waals surface area contributed by atoms with Gasteiger partial charge in [-0.2, -0.15) is 0 Å². The number of nitrogens with two attached hydrogens (primary N) is 1. The van der Waals surface area contributed by atoms with Gasteiger partial charge in [-0.15, -0.1) is 12.4 Å². The van der Waals surface area contributed by atoms with Crippen LogP contribution < -0.4 is 15.2 Å². The van der Waals surface area contributed by atoms with Gasteiger partial charge in [-0.1, -0.05) is 0 Å². The lowest BCUT2D eigenvalue weighted by Gasteiger charge is -2.19. The molecule has 1 saturated carbocycles. The van der Waals surface area contributed by atoms with E-state index in [0.717, 1.165) is 12.8 Å². The summed E-state index contributed by atoms with van der Waals surface area (Å²) in [4.78, 5) is 0.0552. The molecular weight excluding hydrogens is 362 g/mol. The number of hydrogen-bond donors (Lipinski definition) is 3. The van der Waals surface area contributed by atoms with Crippen molar-refractivity contribution in [1.29, 1.82) is 0 Å². The second-order valence-electron chi connectivity index (χ2n) is 6.18. The van der Waals surface area contributed by atoms with Crippen LogP contribution in [-0.4, -0.2) is 35.0 Å². The molecule has 132 valence electrons. The summed E-state index contributed by atoms with van der Waals surface area (Å²) >= 11 is 0. The Bertz CT molecular complexity index is 736. The van der Waals surface area contributed by atoms with Crippen molar-refractivity contribution < 1.29 is 16.8 Å². The quantitative estimate of drug-likeness (QED) is 0.635. The molecule has 2 rings (SSSR count). The second-order valence-corrected chi connectivity index (χ2v) is 9.66. The van der Waals surface area contributed by atoms with Crippen molar-refractivity contribution in [2.75, 3.05) is 6.54 Å². The van der Waals surface area contributed by atoms with Crippen molar-refractivity contribution in [3.63, 3.8) is 0 Å². The summed E-state index contributed by atoms with van der Waals surface area (Å²) in [7, 11) is -7.29. The monoisotopic (exact) mass is 383 g/mol. The third-order valence-corrected chi connectivity index (χ3v) is 6.01. The zero-order valence-corrected chi connectivity index (χ0v) is 15.4. The van der Waals surface area contributed by atoms with Crippen LogP contribution in [0.15, 0.2) is 34.1 Å². The normalized spacial score (nSPS) is 16.0. The molecule has 0 spiro atoms. The lowest BCUT2D eigenvalue weighted by Crippen LogP contribution is -2.45. The van der Waals surface area contributed by atoms with Crippen LogP contribution in [-0.2, 0) is 20.0 Å². The van der Waals surface area contributed by atoms with Crippen LogP contribution in [0.2, 0.25) is 0 Å². The van der Waals surface area contributed by atoms with Gasteiger partial charge in [-0.3, -0.25) is 0 Å². The molecule has 0 aromatic heterocycles. The number of nitrogens with one attached hydrogen (secondary N) is 2. The molecule has 0 saturated heterocycles. The van der Waals surface area contributed by atoms with Gasteiger partial charge in [0, 0.05) is 18.1 Å². The van der Waals surface area contributed by atoms with Gasteiger partial charge in [0.05, 0.1) is 9.79 Å². The van der Waals surface area contributed by atoms with Crippen LogP contribution in [0.5, 0.6) is 0 Å². The van der Waals surface area contributed by atoms with Gasteiger partial charge in [-0.05, 0) is 51.0 Å². The molecule has 0 atom stereocenters. The smallest absolute Gasteiger partial charge is 0.240 e. The predicted molar refractivity (Wildman–Crippen MR) is 90.5 cm³/mol. The SMILES string of the molecule is CC(C)(N)CNS(=O)(=O)c1ccc(S(=O)(=O)NC2CC2)cc1.Cl. The van der Waals surface area contributed by atoms with E-state index in [-0.39, 0.29) is 34.8 Å². The predicted octanol–water partition coefficient (Wildman–Crippen LogP) is 0.565. The lowest BCUT2D eigenvalue weighted by atomic mass is 10.1. The van der Waals surface area contributed by atoms with E-state index in [1.807, 2.05) is 0 Å². The molecule has 1 fully saturated rings. The van der Waals surface area contributed by atoms with Gasteiger partial charge in [0.1, 0.15) is 0 Å². The van der Waals surface area contributed by atoms with Crippen LogP contribution in [0.25, 0.3) is 0 Å². The molecule has 1 aromatic carbocycles. The van der Waals surface area contributed by atoms with Gasteiger partial charge >= 0.3 is 0 Å². The minimum atomic E-state index is -3.71. The van der Waals surface area contributed by atoms with Crippen molar-refractivity contribution in [2.45, 2.75) is 48.1 Å². The molecule has 0 bridgehead atoms. The fourth-order valence-electron chi connectivity index (χ4n) is 1.65.